The molecule has 1 fully saturated rings. The molecule has 0 bridgehead atoms. The van der Waals surface area contributed by atoms with Gasteiger partial charge in [0.25, 0.3) is 0 Å². The topological polar surface area (TPSA) is 29.5 Å². The number of carbonyl (C=O) groups excluding carboxylic acids is 1. The Hall–Kier alpha value is -2.04. The number of ether oxygens (including phenoxy) is 1. The maximum Gasteiger partial charge on any atom is 0.140 e. The van der Waals surface area contributed by atoms with Crippen molar-refractivity contribution in [3.05, 3.63) is 71.0 Å². The van der Waals surface area contributed by atoms with Crippen molar-refractivity contribution >= 4 is 5.78 Å². The lowest BCUT2D eigenvalue weighted by Crippen LogP contribution is -2.41. The molecule has 0 aromatic heterocycles. The minimum absolute atomic E-state index is 0.209. The van der Waals surface area contributed by atoms with E-state index in [1.165, 1.54) is 23.3 Å². The van der Waals surface area contributed by atoms with Gasteiger partial charge in [0.05, 0.1) is 13.2 Å². The highest BCUT2D eigenvalue weighted by molar-refractivity contribution is 5.85. The molecule has 1 aliphatic carbocycles. The molecule has 4 rings (SSSR count). The third-order valence-corrected chi connectivity index (χ3v) is 6.06. The highest BCUT2D eigenvalue weighted by Crippen LogP contribution is 2.43. The first-order valence-corrected chi connectivity index (χ1v) is 9.81. The zero-order valence-electron chi connectivity index (χ0n) is 15.7. The summed E-state index contributed by atoms with van der Waals surface area (Å²) in [5, 5.41) is 0. The van der Waals surface area contributed by atoms with Crippen LogP contribution in [0.15, 0.2) is 48.5 Å². The van der Waals surface area contributed by atoms with Crippen LogP contribution in [0.5, 0.6) is 0 Å². The van der Waals surface area contributed by atoms with Crippen molar-refractivity contribution in [2.75, 3.05) is 26.3 Å². The van der Waals surface area contributed by atoms with Crippen molar-refractivity contribution < 1.29 is 13.9 Å². The van der Waals surface area contributed by atoms with E-state index in [4.69, 9.17) is 4.74 Å². The van der Waals surface area contributed by atoms with Gasteiger partial charge in [0.15, 0.2) is 0 Å². The third kappa shape index (κ3) is 3.83. The zero-order chi connectivity index (χ0) is 18.8. The molecule has 0 spiro atoms. The summed E-state index contributed by atoms with van der Waals surface area (Å²) in [6, 6.07) is 15.2. The van der Waals surface area contributed by atoms with E-state index in [9.17, 15) is 9.18 Å². The summed E-state index contributed by atoms with van der Waals surface area (Å²) in [5.41, 5.74) is 3.62. The monoisotopic (exact) mass is 367 g/mol. The Morgan fingerprint density at radius 2 is 1.85 bits per heavy atom. The fourth-order valence-corrected chi connectivity index (χ4v) is 4.56. The van der Waals surface area contributed by atoms with Gasteiger partial charge in [-0.2, -0.15) is 0 Å². The molecule has 0 radical (unpaired) electrons. The minimum atomic E-state index is -0.267. The fraction of sp³-hybridized carbons (Fsp3) is 0.435. The molecule has 3 atom stereocenters. The largest absolute Gasteiger partial charge is 0.379 e. The lowest BCUT2D eigenvalue weighted by molar-refractivity contribution is -0.121. The molecule has 1 heterocycles. The molecule has 2 aromatic rings. The zero-order valence-corrected chi connectivity index (χ0v) is 15.7. The van der Waals surface area contributed by atoms with Crippen molar-refractivity contribution in [1.82, 2.24) is 4.90 Å². The summed E-state index contributed by atoms with van der Waals surface area (Å²) >= 11 is 0. The molecule has 2 aromatic carbocycles. The van der Waals surface area contributed by atoms with E-state index in [-0.39, 0.29) is 29.5 Å². The first kappa shape index (κ1) is 18.3. The molecule has 142 valence electrons. The van der Waals surface area contributed by atoms with Crippen LogP contribution in [0.2, 0.25) is 0 Å². The first-order chi connectivity index (χ1) is 13.1. The molecule has 4 heteroatoms. The van der Waals surface area contributed by atoms with E-state index in [1.807, 2.05) is 6.92 Å². The maximum atomic E-state index is 13.2. The van der Waals surface area contributed by atoms with Gasteiger partial charge in [-0.25, -0.2) is 4.39 Å². The van der Waals surface area contributed by atoms with Crippen molar-refractivity contribution in [2.45, 2.75) is 31.7 Å². The van der Waals surface area contributed by atoms with Crippen molar-refractivity contribution in [3.63, 3.8) is 0 Å². The highest BCUT2D eigenvalue weighted by Gasteiger charge is 2.38. The van der Waals surface area contributed by atoms with Crippen LogP contribution in [0, 0.1) is 11.7 Å². The molecule has 2 unspecified atom stereocenters. The molecular weight excluding hydrogens is 341 g/mol. The molecule has 3 nitrogen and oxygen atoms in total. The summed E-state index contributed by atoms with van der Waals surface area (Å²) in [6.07, 6.45) is 1.50. The van der Waals surface area contributed by atoms with Crippen LogP contribution in [-0.4, -0.2) is 37.0 Å². The van der Waals surface area contributed by atoms with Crippen LogP contribution < -0.4 is 0 Å². The SMILES string of the molecule is C[C@H](C(=O)CC1Cc2ccccc2C1N1CCOCC1)c1ccc(F)cc1. The number of ketones is 1. The van der Waals surface area contributed by atoms with Crippen molar-refractivity contribution in [2.24, 2.45) is 5.92 Å². The summed E-state index contributed by atoms with van der Waals surface area (Å²) in [7, 11) is 0. The van der Waals surface area contributed by atoms with E-state index in [0.717, 1.165) is 38.3 Å². The second kappa shape index (κ2) is 7.91. The van der Waals surface area contributed by atoms with E-state index in [2.05, 4.69) is 29.2 Å². The Labute approximate surface area is 160 Å². The molecule has 27 heavy (non-hydrogen) atoms. The van der Waals surface area contributed by atoms with Crippen LogP contribution in [0.25, 0.3) is 0 Å². The van der Waals surface area contributed by atoms with E-state index in [1.54, 1.807) is 12.1 Å². The van der Waals surface area contributed by atoms with E-state index >= 15 is 0 Å². The van der Waals surface area contributed by atoms with Crippen LogP contribution in [0.4, 0.5) is 4.39 Å². The van der Waals surface area contributed by atoms with Gasteiger partial charge in [-0.15, -0.1) is 0 Å². The Morgan fingerprint density at radius 3 is 2.59 bits per heavy atom. The molecule has 0 amide bonds. The van der Waals surface area contributed by atoms with Gasteiger partial charge >= 0.3 is 0 Å². The second-order valence-electron chi connectivity index (χ2n) is 7.70. The molecule has 0 saturated carbocycles. The van der Waals surface area contributed by atoms with Crippen LogP contribution in [-0.2, 0) is 16.0 Å². The number of hydrogen-bond donors (Lipinski definition) is 0. The maximum absolute atomic E-state index is 13.2. The third-order valence-electron chi connectivity index (χ3n) is 6.06. The number of rotatable bonds is 5. The van der Waals surface area contributed by atoms with Crippen LogP contribution in [0.3, 0.4) is 0 Å². The summed E-state index contributed by atoms with van der Waals surface area (Å²) in [6.45, 7) is 5.27. The summed E-state index contributed by atoms with van der Waals surface area (Å²) in [5.74, 6) is 0.0465. The molecule has 1 aliphatic heterocycles. The number of nitrogens with zero attached hydrogens (tertiary/aromatic N) is 1. The number of carbonyl (C=O) groups is 1. The van der Waals surface area contributed by atoms with E-state index in [0.29, 0.717) is 6.42 Å². The lowest BCUT2D eigenvalue weighted by atomic mass is 9.87. The summed E-state index contributed by atoms with van der Waals surface area (Å²) in [4.78, 5) is 15.5. The average Bonchev–Trinajstić information content (AvgIpc) is 3.06. The average molecular weight is 367 g/mol. The Morgan fingerprint density at radius 1 is 1.15 bits per heavy atom. The van der Waals surface area contributed by atoms with Crippen LogP contribution >= 0.6 is 0 Å². The molecular formula is C23H26FNO2. The number of halogens is 1. The number of hydrogen-bond acceptors (Lipinski definition) is 3. The van der Waals surface area contributed by atoms with Gasteiger partial charge in [-0.3, -0.25) is 9.69 Å². The molecule has 2 aliphatic rings. The van der Waals surface area contributed by atoms with Gasteiger partial charge in [0.2, 0.25) is 0 Å². The lowest BCUT2D eigenvalue weighted by Gasteiger charge is -2.36. The quantitative estimate of drug-likeness (QED) is 0.796. The number of Topliss-reactive ketones (excluding diaryl/α,β-unsaturated/α-hetero) is 1. The predicted molar refractivity (Wildman–Crippen MR) is 103 cm³/mol. The van der Waals surface area contributed by atoms with Gasteiger partial charge in [-0.1, -0.05) is 43.3 Å². The second-order valence-corrected chi connectivity index (χ2v) is 7.70. The summed E-state index contributed by atoms with van der Waals surface area (Å²) < 4.78 is 18.7. The standard InChI is InChI=1S/C23H26FNO2/c1-16(17-6-8-20(24)9-7-17)22(26)15-19-14-18-4-2-3-5-21(18)23(19)25-10-12-27-13-11-25/h2-9,16,19,23H,10-15H2,1H3/t16-,19?,23?/m0/s1. The minimum Gasteiger partial charge on any atom is -0.379 e. The van der Waals surface area contributed by atoms with Gasteiger partial charge in [0, 0.05) is 31.5 Å². The highest BCUT2D eigenvalue weighted by atomic mass is 19.1. The Balaban J connectivity index is 1.53. The van der Waals surface area contributed by atoms with Gasteiger partial charge in [-0.05, 0) is 41.2 Å². The smallest absolute Gasteiger partial charge is 0.140 e. The Bertz CT molecular complexity index is 798. The van der Waals surface area contributed by atoms with Crippen LogP contribution in [0.1, 0.15) is 42.0 Å². The molecule has 0 N–H and O–H groups in total. The van der Waals surface area contributed by atoms with Gasteiger partial charge in [0.1, 0.15) is 11.6 Å². The van der Waals surface area contributed by atoms with E-state index < -0.39 is 0 Å². The Kier molecular flexibility index (Phi) is 5.37. The normalized spacial score (nSPS) is 23.8. The first-order valence-electron chi connectivity index (χ1n) is 9.81. The fourth-order valence-electron chi connectivity index (χ4n) is 4.56. The van der Waals surface area contributed by atoms with Gasteiger partial charge < -0.3 is 4.74 Å². The van der Waals surface area contributed by atoms with Crippen molar-refractivity contribution in [3.8, 4) is 0 Å². The van der Waals surface area contributed by atoms with Crippen molar-refractivity contribution in [1.29, 1.82) is 0 Å². The molecule has 1 saturated heterocycles. The number of morpholine rings is 1. The number of fused-ring (bicyclic) bond motifs is 1. The number of benzene rings is 2. The predicted octanol–water partition coefficient (Wildman–Crippen LogP) is 4.13.